The number of H-pyrrole nitrogens is 1. The van der Waals surface area contributed by atoms with Gasteiger partial charge in [0.15, 0.2) is 4.77 Å². The lowest BCUT2D eigenvalue weighted by Gasteiger charge is -2.27. The number of aromatic amines is 1. The van der Waals surface area contributed by atoms with Crippen LogP contribution >= 0.6 is 23.8 Å². The predicted molar refractivity (Wildman–Crippen MR) is 80.7 cm³/mol. The van der Waals surface area contributed by atoms with Gasteiger partial charge in [0.1, 0.15) is 5.82 Å². The largest absolute Gasteiger partial charge is 0.330 e. The van der Waals surface area contributed by atoms with Crippen LogP contribution in [0.5, 0.6) is 0 Å². The summed E-state index contributed by atoms with van der Waals surface area (Å²) in [7, 11) is 0. The van der Waals surface area contributed by atoms with Crippen LogP contribution in [0.15, 0.2) is 12.1 Å². The second-order valence-corrected chi connectivity index (χ2v) is 6.89. The quantitative estimate of drug-likeness (QED) is 0.758. The molecule has 1 aromatic heterocycles. The molecule has 0 saturated carbocycles. The van der Waals surface area contributed by atoms with Crippen LogP contribution in [0.25, 0.3) is 11.0 Å². The first-order chi connectivity index (χ1) is 8.70. The molecule has 0 bridgehead atoms. The summed E-state index contributed by atoms with van der Waals surface area (Å²) in [6.45, 7) is 9.56. The molecule has 0 spiro atoms. The summed E-state index contributed by atoms with van der Waals surface area (Å²) in [5.74, 6) is 0.00321. The molecule has 0 aliphatic carbocycles. The van der Waals surface area contributed by atoms with Crippen molar-refractivity contribution in [3.63, 3.8) is 0 Å². The molecule has 0 saturated heterocycles. The van der Waals surface area contributed by atoms with Gasteiger partial charge in [-0.1, -0.05) is 39.3 Å². The fourth-order valence-corrected chi connectivity index (χ4v) is 2.32. The van der Waals surface area contributed by atoms with Crippen molar-refractivity contribution in [3.05, 3.63) is 27.7 Å². The number of hydrogen-bond donors (Lipinski definition) is 1. The second kappa shape index (κ2) is 4.91. The first kappa shape index (κ1) is 14.5. The number of fused-ring (bicyclic) bond motifs is 1. The van der Waals surface area contributed by atoms with E-state index in [2.05, 4.69) is 32.7 Å². The van der Waals surface area contributed by atoms with Gasteiger partial charge in [-0.15, -0.1) is 0 Å². The third-order valence-electron chi connectivity index (χ3n) is 3.75. The maximum absolute atomic E-state index is 13.4. The van der Waals surface area contributed by atoms with E-state index in [4.69, 9.17) is 23.8 Å². The zero-order chi connectivity index (χ0) is 14.4. The Kier molecular flexibility index (Phi) is 3.76. The van der Waals surface area contributed by atoms with Gasteiger partial charge in [-0.3, -0.25) is 0 Å². The van der Waals surface area contributed by atoms with Gasteiger partial charge < -0.3 is 9.55 Å². The van der Waals surface area contributed by atoms with E-state index >= 15 is 0 Å². The smallest absolute Gasteiger partial charge is 0.178 e. The van der Waals surface area contributed by atoms with Gasteiger partial charge in [-0.05, 0) is 29.6 Å². The topological polar surface area (TPSA) is 20.7 Å². The van der Waals surface area contributed by atoms with Crippen LogP contribution in [0.1, 0.15) is 27.7 Å². The molecule has 1 heterocycles. The lowest BCUT2D eigenvalue weighted by atomic mass is 9.82. The minimum atomic E-state index is -0.429. The van der Waals surface area contributed by atoms with E-state index in [0.717, 1.165) is 12.1 Å². The molecule has 1 unspecified atom stereocenters. The SMILES string of the molecule is CC(Cn1c(=S)[nH]c2cc(F)c(Cl)cc21)C(C)(C)C. The number of hydrogen-bond acceptors (Lipinski definition) is 1. The molecule has 1 N–H and O–H groups in total. The van der Waals surface area contributed by atoms with E-state index in [1.165, 1.54) is 6.07 Å². The van der Waals surface area contributed by atoms with Crippen molar-refractivity contribution in [1.29, 1.82) is 0 Å². The molecule has 2 aromatic rings. The van der Waals surface area contributed by atoms with Gasteiger partial charge in [0.2, 0.25) is 0 Å². The first-order valence-electron chi connectivity index (χ1n) is 6.27. The zero-order valence-corrected chi connectivity index (χ0v) is 13.1. The zero-order valence-electron chi connectivity index (χ0n) is 11.6. The number of nitrogens with zero attached hydrogens (tertiary/aromatic N) is 1. The molecule has 19 heavy (non-hydrogen) atoms. The van der Waals surface area contributed by atoms with Crippen LogP contribution in [0.4, 0.5) is 4.39 Å². The molecule has 5 heteroatoms. The number of rotatable bonds is 2. The summed E-state index contributed by atoms with van der Waals surface area (Å²) in [6.07, 6.45) is 0. The summed E-state index contributed by atoms with van der Waals surface area (Å²) in [4.78, 5) is 3.03. The molecule has 1 atom stereocenters. The molecule has 0 aliphatic rings. The van der Waals surface area contributed by atoms with E-state index in [9.17, 15) is 4.39 Å². The second-order valence-electron chi connectivity index (χ2n) is 6.09. The molecular formula is C14H18ClFN2S. The number of benzene rings is 1. The molecule has 0 radical (unpaired) electrons. The van der Waals surface area contributed by atoms with E-state index in [0.29, 0.717) is 16.2 Å². The lowest BCUT2D eigenvalue weighted by molar-refractivity contribution is 0.234. The van der Waals surface area contributed by atoms with Crippen molar-refractivity contribution >= 4 is 34.9 Å². The van der Waals surface area contributed by atoms with E-state index in [-0.39, 0.29) is 10.4 Å². The third kappa shape index (κ3) is 2.84. The van der Waals surface area contributed by atoms with Gasteiger partial charge in [-0.25, -0.2) is 4.39 Å². The predicted octanol–water partition coefficient (Wildman–Crippen LogP) is 5.17. The van der Waals surface area contributed by atoms with Gasteiger partial charge in [0.25, 0.3) is 0 Å². The molecule has 0 fully saturated rings. The highest BCUT2D eigenvalue weighted by Crippen LogP contribution is 2.29. The Morgan fingerprint density at radius 2 is 2.05 bits per heavy atom. The Morgan fingerprint density at radius 3 is 2.63 bits per heavy atom. The highest BCUT2D eigenvalue weighted by molar-refractivity contribution is 7.71. The minimum absolute atomic E-state index is 0.124. The minimum Gasteiger partial charge on any atom is -0.330 e. The Morgan fingerprint density at radius 1 is 1.42 bits per heavy atom. The number of nitrogens with one attached hydrogen (secondary N) is 1. The van der Waals surface area contributed by atoms with Crippen LogP contribution in [0.2, 0.25) is 5.02 Å². The maximum atomic E-state index is 13.4. The monoisotopic (exact) mass is 300 g/mol. The molecule has 2 nitrogen and oxygen atoms in total. The van der Waals surface area contributed by atoms with Crippen LogP contribution in [0, 0.1) is 21.9 Å². The van der Waals surface area contributed by atoms with Crippen molar-refractivity contribution in [3.8, 4) is 0 Å². The van der Waals surface area contributed by atoms with Crippen molar-refractivity contribution in [2.24, 2.45) is 11.3 Å². The average molecular weight is 301 g/mol. The number of halogens is 2. The molecular weight excluding hydrogens is 283 g/mol. The van der Waals surface area contributed by atoms with Gasteiger partial charge in [-0.2, -0.15) is 0 Å². The van der Waals surface area contributed by atoms with Gasteiger partial charge in [0.05, 0.1) is 16.1 Å². The number of aromatic nitrogens is 2. The molecule has 0 amide bonds. The maximum Gasteiger partial charge on any atom is 0.178 e. The standard InChI is InChI=1S/C14H18ClFN2S/c1-8(14(2,3)4)7-18-12-5-9(15)10(16)6-11(12)17-13(18)19/h5-6,8H,7H2,1-4H3,(H,17,19). The highest BCUT2D eigenvalue weighted by atomic mass is 35.5. The van der Waals surface area contributed by atoms with E-state index in [1.54, 1.807) is 6.07 Å². The Bertz CT molecular complexity index is 666. The average Bonchev–Trinajstić information content (AvgIpc) is 2.55. The summed E-state index contributed by atoms with van der Waals surface area (Å²) in [6, 6.07) is 3.03. The molecule has 0 aliphatic heterocycles. The van der Waals surface area contributed by atoms with Gasteiger partial charge in [0, 0.05) is 12.6 Å². The first-order valence-corrected chi connectivity index (χ1v) is 7.06. The molecule has 104 valence electrons. The van der Waals surface area contributed by atoms with Crippen molar-refractivity contribution in [2.75, 3.05) is 0 Å². The Hall–Kier alpha value is -0.870. The van der Waals surface area contributed by atoms with E-state index in [1.807, 2.05) is 4.57 Å². The van der Waals surface area contributed by atoms with Crippen molar-refractivity contribution < 1.29 is 4.39 Å². The summed E-state index contributed by atoms with van der Waals surface area (Å²) >= 11 is 11.2. The molecule has 2 rings (SSSR count). The van der Waals surface area contributed by atoms with Crippen LogP contribution in [-0.4, -0.2) is 9.55 Å². The van der Waals surface area contributed by atoms with Gasteiger partial charge >= 0.3 is 0 Å². The lowest BCUT2D eigenvalue weighted by Crippen LogP contribution is -2.22. The fraction of sp³-hybridized carbons (Fsp3) is 0.500. The van der Waals surface area contributed by atoms with Crippen molar-refractivity contribution in [1.82, 2.24) is 9.55 Å². The van der Waals surface area contributed by atoms with Crippen molar-refractivity contribution in [2.45, 2.75) is 34.2 Å². The normalized spacial score (nSPS) is 14.0. The van der Waals surface area contributed by atoms with Crippen LogP contribution < -0.4 is 0 Å². The fourth-order valence-electron chi connectivity index (χ4n) is 1.88. The summed E-state index contributed by atoms with van der Waals surface area (Å²) < 4.78 is 16.0. The van der Waals surface area contributed by atoms with Crippen LogP contribution in [0.3, 0.4) is 0 Å². The third-order valence-corrected chi connectivity index (χ3v) is 4.36. The highest BCUT2D eigenvalue weighted by Gasteiger charge is 2.21. The summed E-state index contributed by atoms with van der Waals surface area (Å²) in [5.41, 5.74) is 1.72. The molecule has 1 aromatic carbocycles. The Balaban J connectivity index is 2.52. The Labute approximate surface area is 122 Å². The summed E-state index contributed by atoms with van der Waals surface area (Å²) in [5, 5.41) is 0.124. The van der Waals surface area contributed by atoms with Crippen LogP contribution in [-0.2, 0) is 6.54 Å². The number of imidazole rings is 1. The van der Waals surface area contributed by atoms with E-state index < -0.39 is 5.82 Å².